The monoisotopic (exact) mass is 290 g/mol. The van der Waals surface area contributed by atoms with Crippen molar-refractivity contribution in [2.75, 3.05) is 6.61 Å². The SMILES string of the molecule is CCOC(=O)c1cnn(-c2nc3c(Cl)cccc3[nH]2)c1. The third-order valence-electron chi connectivity index (χ3n) is 2.76. The Morgan fingerprint density at radius 2 is 2.35 bits per heavy atom. The van der Waals surface area contributed by atoms with Gasteiger partial charge >= 0.3 is 5.97 Å². The van der Waals surface area contributed by atoms with Crippen molar-refractivity contribution in [3.05, 3.63) is 41.2 Å². The van der Waals surface area contributed by atoms with E-state index in [1.54, 1.807) is 19.2 Å². The molecule has 3 rings (SSSR count). The van der Waals surface area contributed by atoms with Crippen molar-refractivity contribution >= 4 is 28.6 Å². The average Bonchev–Trinajstić information content (AvgIpc) is 3.06. The van der Waals surface area contributed by atoms with Crippen molar-refractivity contribution in [1.82, 2.24) is 19.7 Å². The summed E-state index contributed by atoms with van der Waals surface area (Å²) in [5.41, 5.74) is 1.84. The molecule has 0 radical (unpaired) electrons. The highest BCUT2D eigenvalue weighted by molar-refractivity contribution is 6.34. The molecule has 20 heavy (non-hydrogen) atoms. The highest BCUT2D eigenvalue weighted by Gasteiger charge is 2.13. The molecule has 1 aromatic carbocycles. The molecule has 0 spiro atoms. The van der Waals surface area contributed by atoms with E-state index in [4.69, 9.17) is 16.3 Å². The van der Waals surface area contributed by atoms with E-state index in [-0.39, 0.29) is 0 Å². The number of imidazole rings is 1. The van der Waals surface area contributed by atoms with Crippen LogP contribution in [0.3, 0.4) is 0 Å². The number of hydrogen-bond acceptors (Lipinski definition) is 4. The standard InChI is InChI=1S/C13H11ClN4O2/c1-2-20-12(19)8-6-15-18(7-8)13-16-10-5-3-4-9(14)11(10)17-13/h3-7H,2H2,1H3,(H,16,17). The molecule has 0 aliphatic carbocycles. The molecule has 0 aliphatic rings. The number of H-pyrrole nitrogens is 1. The highest BCUT2D eigenvalue weighted by atomic mass is 35.5. The Bertz CT molecular complexity index is 778. The lowest BCUT2D eigenvalue weighted by Crippen LogP contribution is -2.03. The van der Waals surface area contributed by atoms with Gasteiger partial charge < -0.3 is 9.72 Å². The van der Waals surface area contributed by atoms with Crippen LogP contribution >= 0.6 is 11.6 Å². The fraction of sp³-hybridized carbons (Fsp3) is 0.154. The van der Waals surface area contributed by atoms with Crippen LogP contribution in [0, 0.1) is 0 Å². The second kappa shape index (κ2) is 4.97. The van der Waals surface area contributed by atoms with Gasteiger partial charge in [0, 0.05) is 6.20 Å². The van der Waals surface area contributed by atoms with Crippen LogP contribution in [-0.2, 0) is 4.74 Å². The summed E-state index contributed by atoms with van der Waals surface area (Å²) in [7, 11) is 0. The lowest BCUT2D eigenvalue weighted by molar-refractivity contribution is 0.0526. The molecule has 0 saturated carbocycles. The number of ether oxygens (including phenoxy) is 1. The Balaban J connectivity index is 1.99. The van der Waals surface area contributed by atoms with Crippen LogP contribution in [0.5, 0.6) is 0 Å². The number of halogens is 1. The molecule has 0 unspecified atom stereocenters. The topological polar surface area (TPSA) is 72.8 Å². The van der Waals surface area contributed by atoms with Gasteiger partial charge in [-0.15, -0.1) is 0 Å². The molecule has 6 nitrogen and oxygen atoms in total. The number of para-hydroxylation sites is 1. The number of aromatic nitrogens is 4. The van der Waals surface area contributed by atoms with Crippen molar-refractivity contribution < 1.29 is 9.53 Å². The van der Waals surface area contributed by atoms with Crippen molar-refractivity contribution in [3.8, 4) is 5.95 Å². The van der Waals surface area contributed by atoms with E-state index in [0.717, 1.165) is 5.52 Å². The smallest absolute Gasteiger partial charge is 0.341 e. The van der Waals surface area contributed by atoms with Gasteiger partial charge in [-0.3, -0.25) is 0 Å². The van der Waals surface area contributed by atoms with Crippen molar-refractivity contribution in [1.29, 1.82) is 0 Å². The minimum Gasteiger partial charge on any atom is -0.462 e. The minimum absolute atomic E-state index is 0.324. The number of nitrogens with one attached hydrogen (secondary N) is 1. The Morgan fingerprint density at radius 3 is 3.10 bits per heavy atom. The van der Waals surface area contributed by atoms with E-state index in [0.29, 0.717) is 28.7 Å². The zero-order valence-electron chi connectivity index (χ0n) is 10.6. The lowest BCUT2D eigenvalue weighted by Gasteiger charge is -1.96. The third-order valence-corrected chi connectivity index (χ3v) is 3.07. The Labute approximate surface area is 119 Å². The fourth-order valence-corrected chi connectivity index (χ4v) is 2.07. The van der Waals surface area contributed by atoms with Crippen LogP contribution in [0.1, 0.15) is 17.3 Å². The van der Waals surface area contributed by atoms with Gasteiger partial charge in [0.25, 0.3) is 0 Å². The van der Waals surface area contributed by atoms with Crippen molar-refractivity contribution in [3.63, 3.8) is 0 Å². The van der Waals surface area contributed by atoms with Gasteiger partial charge in [-0.25, -0.2) is 14.5 Å². The lowest BCUT2D eigenvalue weighted by atomic mass is 10.3. The predicted octanol–water partition coefficient (Wildman–Crippen LogP) is 2.58. The van der Waals surface area contributed by atoms with Gasteiger partial charge in [0.05, 0.1) is 28.9 Å². The fourth-order valence-electron chi connectivity index (χ4n) is 1.85. The number of carbonyl (C=O) groups excluding carboxylic acids is 1. The summed E-state index contributed by atoms with van der Waals surface area (Å²) in [6, 6.07) is 5.47. The maximum absolute atomic E-state index is 11.6. The first kappa shape index (κ1) is 12.7. The van der Waals surface area contributed by atoms with Gasteiger partial charge in [-0.2, -0.15) is 5.10 Å². The van der Waals surface area contributed by atoms with Gasteiger partial charge in [0.1, 0.15) is 5.52 Å². The highest BCUT2D eigenvalue weighted by Crippen LogP contribution is 2.22. The summed E-state index contributed by atoms with van der Waals surface area (Å²) in [4.78, 5) is 19.0. The van der Waals surface area contributed by atoms with Gasteiger partial charge in [0.15, 0.2) is 0 Å². The maximum Gasteiger partial charge on any atom is 0.341 e. The number of aromatic amines is 1. The van der Waals surface area contributed by atoms with Gasteiger partial charge in [-0.05, 0) is 19.1 Å². The van der Waals surface area contributed by atoms with E-state index in [2.05, 4.69) is 15.1 Å². The summed E-state index contributed by atoms with van der Waals surface area (Å²) in [5, 5.41) is 4.65. The number of rotatable bonds is 3. The minimum atomic E-state index is -0.409. The largest absolute Gasteiger partial charge is 0.462 e. The number of benzene rings is 1. The van der Waals surface area contributed by atoms with Crippen molar-refractivity contribution in [2.24, 2.45) is 0 Å². The van der Waals surface area contributed by atoms with Crippen molar-refractivity contribution in [2.45, 2.75) is 6.92 Å². The van der Waals surface area contributed by atoms with Crippen LogP contribution in [0.4, 0.5) is 0 Å². The van der Waals surface area contributed by atoms with Crippen LogP contribution in [0.15, 0.2) is 30.6 Å². The van der Waals surface area contributed by atoms with Crippen LogP contribution in [0.25, 0.3) is 17.0 Å². The normalized spacial score (nSPS) is 10.9. The molecular formula is C13H11ClN4O2. The maximum atomic E-state index is 11.6. The summed E-state index contributed by atoms with van der Waals surface area (Å²) in [6.07, 6.45) is 3.00. The molecule has 0 amide bonds. The van der Waals surface area contributed by atoms with E-state index >= 15 is 0 Å². The molecule has 0 aliphatic heterocycles. The molecule has 2 heterocycles. The van der Waals surface area contributed by atoms with E-state index in [1.807, 2.05) is 12.1 Å². The summed E-state index contributed by atoms with van der Waals surface area (Å²) in [6.45, 7) is 2.08. The summed E-state index contributed by atoms with van der Waals surface area (Å²) >= 11 is 6.07. The average molecular weight is 291 g/mol. The molecule has 102 valence electrons. The Morgan fingerprint density at radius 1 is 1.50 bits per heavy atom. The number of nitrogens with zero attached hydrogens (tertiary/aromatic N) is 3. The quantitative estimate of drug-likeness (QED) is 0.753. The molecular weight excluding hydrogens is 280 g/mol. The van der Waals surface area contributed by atoms with Crippen LogP contribution in [-0.4, -0.2) is 32.3 Å². The number of carbonyl (C=O) groups is 1. The third kappa shape index (κ3) is 2.14. The Kier molecular flexibility index (Phi) is 3.15. The first-order valence-corrected chi connectivity index (χ1v) is 6.43. The molecule has 0 bridgehead atoms. The molecule has 1 N–H and O–H groups in total. The number of fused-ring (bicyclic) bond motifs is 1. The molecule has 0 saturated heterocycles. The number of hydrogen-bond donors (Lipinski definition) is 1. The Hall–Kier alpha value is -2.34. The van der Waals surface area contributed by atoms with Gasteiger partial charge in [-0.1, -0.05) is 17.7 Å². The second-order valence-corrected chi connectivity index (χ2v) is 4.50. The zero-order chi connectivity index (χ0) is 14.1. The van der Waals surface area contributed by atoms with E-state index < -0.39 is 5.97 Å². The summed E-state index contributed by atoms with van der Waals surface area (Å²) in [5.74, 6) is 0.0801. The predicted molar refractivity (Wildman–Crippen MR) is 74.2 cm³/mol. The number of esters is 1. The molecule has 3 aromatic rings. The van der Waals surface area contributed by atoms with Crippen LogP contribution < -0.4 is 0 Å². The first-order chi connectivity index (χ1) is 9.69. The first-order valence-electron chi connectivity index (χ1n) is 6.05. The molecule has 7 heteroatoms. The summed E-state index contributed by atoms with van der Waals surface area (Å²) < 4.78 is 6.39. The molecule has 0 fully saturated rings. The zero-order valence-corrected chi connectivity index (χ0v) is 11.4. The molecule has 0 atom stereocenters. The van der Waals surface area contributed by atoms with E-state index in [1.165, 1.54) is 10.9 Å². The molecule has 2 aromatic heterocycles. The van der Waals surface area contributed by atoms with E-state index in [9.17, 15) is 4.79 Å². The van der Waals surface area contributed by atoms with Crippen LogP contribution in [0.2, 0.25) is 5.02 Å². The van der Waals surface area contributed by atoms with Gasteiger partial charge in [0.2, 0.25) is 5.95 Å². The second-order valence-electron chi connectivity index (χ2n) is 4.09.